The third kappa shape index (κ3) is 5.22. The number of carbonyl (C=O) groups is 2. The van der Waals surface area contributed by atoms with Crippen LogP contribution in [0.15, 0.2) is 42.5 Å². The van der Waals surface area contributed by atoms with Crippen LogP contribution in [-0.2, 0) is 4.79 Å². The summed E-state index contributed by atoms with van der Waals surface area (Å²) in [5, 5.41) is 5.26. The van der Waals surface area contributed by atoms with Crippen molar-refractivity contribution in [1.29, 1.82) is 0 Å². The zero-order valence-corrected chi connectivity index (χ0v) is 16.1. The Labute approximate surface area is 167 Å². The van der Waals surface area contributed by atoms with Crippen LogP contribution in [0, 0.1) is 11.6 Å². The van der Waals surface area contributed by atoms with Crippen molar-refractivity contribution < 1.29 is 23.1 Å². The molecule has 1 heterocycles. The van der Waals surface area contributed by atoms with Gasteiger partial charge >= 0.3 is 0 Å². The van der Waals surface area contributed by atoms with Gasteiger partial charge in [0, 0.05) is 25.2 Å². The Kier molecular flexibility index (Phi) is 6.64. The molecule has 154 valence electrons. The highest BCUT2D eigenvalue weighted by Crippen LogP contribution is 2.29. The van der Waals surface area contributed by atoms with Crippen LogP contribution in [0.1, 0.15) is 23.2 Å². The second-order valence-corrected chi connectivity index (χ2v) is 6.83. The fourth-order valence-electron chi connectivity index (χ4n) is 3.41. The molecule has 0 aromatic heterocycles. The molecule has 1 aliphatic rings. The molecule has 1 saturated heterocycles. The van der Waals surface area contributed by atoms with E-state index in [1.807, 2.05) is 24.3 Å². The summed E-state index contributed by atoms with van der Waals surface area (Å²) < 4.78 is 32.0. The lowest BCUT2D eigenvalue weighted by Crippen LogP contribution is -2.50. The van der Waals surface area contributed by atoms with Crippen molar-refractivity contribution in [1.82, 2.24) is 10.6 Å². The molecular formula is C21H23F2N3O3. The van der Waals surface area contributed by atoms with Gasteiger partial charge in [-0.05, 0) is 37.1 Å². The van der Waals surface area contributed by atoms with Gasteiger partial charge in [-0.3, -0.25) is 9.59 Å². The van der Waals surface area contributed by atoms with Gasteiger partial charge in [-0.15, -0.1) is 0 Å². The van der Waals surface area contributed by atoms with Crippen LogP contribution in [0.3, 0.4) is 0 Å². The zero-order valence-electron chi connectivity index (χ0n) is 16.1. The molecule has 0 radical (unpaired) electrons. The van der Waals surface area contributed by atoms with Gasteiger partial charge in [0.05, 0.1) is 24.9 Å². The summed E-state index contributed by atoms with van der Waals surface area (Å²) >= 11 is 0. The van der Waals surface area contributed by atoms with E-state index in [2.05, 4.69) is 15.5 Å². The SMILES string of the molecule is COc1ccccc1N1CCCC(NC(=O)CNC(=O)c2ccc(F)cc2F)C1. The number of carbonyl (C=O) groups excluding carboxylic acids is 2. The van der Waals surface area contributed by atoms with Crippen molar-refractivity contribution in [2.24, 2.45) is 0 Å². The van der Waals surface area contributed by atoms with Crippen LogP contribution in [0.25, 0.3) is 0 Å². The summed E-state index contributed by atoms with van der Waals surface area (Å²) in [5.41, 5.74) is 0.660. The quantitative estimate of drug-likeness (QED) is 0.778. The predicted octanol–water partition coefficient (Wildman–Crippen LogP) is 2.49. The third-order valence-corrected chi connectivity index (χ3v) is 4.80. The summed E-state index contributed by atoms with van der Waals surface area (Å²) in [6.45, 7) is 1.18. The molecule has 8 heteroatoms. The summed E-state index contributed by atoms with van der Waals surface area (Å²) in [6, 6.07) is 10.3. The highest BCUT2D eigenvalue weighted by atomic mass is 19.1. The maximum absolute atomic E-state index is 13.6. The van der Waals surface area contributed by atoms with E-state index in [1.165, 1.54) is 0 Å². The average Bonchev–Trinajstić information content (AvgIpc) is 2.72. The Morgan fingerprint density at radius 2 is 2.00 bits per heavy atom. The fourth-order valence-corrected chi connectivity index (χ4v) is 3.41. The van der Waals surface area contributed by atoms with E-state index in [4.69, 9.17) is 4.74 Å². The first-order valence-electron chi connectivity index (χ1n) is 9.38. The van der Waals surface area contributed by atoms with E-state index >= 15 is 0 Å². The molecule has 1 aliphatic heterocycles. The van der Waals surface area contributed by atoms with Crippen molar-refractivity contribution in [3.63, 3.8) is 0 Å². The molecule has 0 saturated carbocycles. The Morgan fingerprint density at radius 1 is 1.21 bits per heavy atom. The number of hydrogen-bond acceptors (Lipinski definition) is 4. The molecule has 6 nitrogen and oxygen atoms in total. The Balaban J connectivity index is 1.53. The average molecular weight is 403 g/mol. The van der Waals surface area contributed by atoms with Crippen LogP contribution in [0.5, 0.6) is 5.75 Å². The fraction of sp³-hybridized carbons (Fsp3) is 0.333. The number of nitrogens with one attached hydrogen (secondary N) is 2. The van der Waals surface area contributed by atoms with Crippen LogP contribution >= 0.6 is 0 Å². The van der Waals surface area contributed by atoms with Crippen molar-refractivity contribution in [2.45, 2.75) is 18.9 Å². The predicted molar refractivity (Wildman–Crippen MR) is 105 cm³/mol. The number of benzene rings is 2. The Morgan fingerprint density at radius 3 is 2.76 bits per heavy atom. The lowest BCUT2D eigenvalue weighted by Gasteiger charge is -2.35. The lowest BCUT2D eigenvalue weighted by molar-refractivity contribution is -0.120. The number of nitrogens with zero attached hydrogens (tertiary/aromatic N) is 1. The minimum Gasteiger partial charge on any atom is -0.495 e. The normalized spacial score (nSPS) is 16.2. The molecule has 29 heavy (non-hydrogen) atoms. The van der Waals surface area contributed by atoms with Crippen molar-refractivity contribution in [3.8, 4) is 5.75 Å². The second-order valence-electron chi connectivity index (χ2n) is 6.83. The van der Waals surface area contributed by atoms with E-state index in [9.17, 15) is 18.4 Å². The van der Waals surface area contributed by atoms with E-state index in [0.29, 0.717) is 12.6 Å². The Bertz CT molecular complexity index is 891. The lowest BCUT2D eigenvalue weighted by atomic mass is 10.0. The summed E-state index contributed by atoms with van der Waals surface area (Å²) in [6.07, 6.45) is 1.72. The van der Waals surface area contributed by atoms with Crippen LogP contribution in [0.2, 0.25) is 0 Å². The molecule has 1 unspecified atom stereocenters. The largest absolute Gasteiger partial charge is 0.495 e. The van der Waals surface area contributed by atoms with Gasteiger partial charge in [0.25, 0.3) is 5.91 Å². The summed E-state index contributed by atoms with van der Waals surface area (Å²) in [5.74, 6) is -2.10. The standard InChI is InChI=1S/C21H23F2N3O3/c1-29-19-7-3-2-6-18(19)26-10-4-5-15(13-26)25-20(27)12-24-21(28)16-9-8-14(22)11-17(16)23/h2-3,6-9,11,15H,4-5,10,12-13H2,1H3,(H,24,28)(H,25,27). The maximum Gasteiger partial charge on any atom is 0.254 e. The number of halogens is 2. The second kappa shape index (κ2) is 9.36. The molecule has 1 atom stereocenters. The molecule has 2 amide bonds. The Hall–Kier alpha value is -3.16. The summed E-state index contributed by atoms with van der Waals surface area (Å²) in [4.78, 5) is 26.4. The van der Waals surface area contributed by atoms with Gasteiger partial charge in [-0.1, -0.05) is 12.1 Å². The highest BCUT2D eigenvalue weighted by Gasteiger charge is 2.23. The first-order chi connectivity index (χ1) is 14.0. The number of para-hydroxylation sites is 2. The van der Waals surface area contributed by atoms with Crippen LogP contribution < -0.4 is 20.3 Å². The van der Waals surface area contributed by atoms with E-state index in [-0.39, 0.29) is 24.1 Å². The highest BCUT2D eigenvalue weighted by molar-refractivity contribution is 5.96. The molecule has 2 N–H and O–H groups in total. The van der Waals surface area contributed by atoms with Gasteiger partial charge in [0.1, 0.15) is 17.4 Å². The van der Waals surface area contributed by atoms with Gasteiger partial charge in [0.2, 0.25) is 5.91 Å². The van der Waals surface area contributed by atoms with Gasteiger partial charge in [-0.2, -0.15) is 0 Å². The topological polar surface area (TPSA) is 70.7 Å². The van der Waals surface area contributed by atoms with Crippen molar-refractivity contribution in [2.75, 3.05) is 31.6 Å². The molecule has 1 fully saturated rings. The molecular weight excluding hydrogens is 380 g/mol. The van der Waals surface area contributed by atoms with E-state index in [1.54, 1.807) is 7.11 Å². The number of ether oxygens (including phenoxy) is 1. The first-order valence-corrected chi connectivity index (χ1v) is 9.38. The molecule has 0 bridgehead atoms. The number of methoxy groups -OCH3 is 1. The minimum atomic E-state index is -0.970. The van der Waals surface area contributed by atoms with Gasteiger partial charge in [0.15, 0.2) is 0 Å². The minimum absolute atomic E-state index is 0.0828. The first kappa shape index (κ1) is 20.6. The third-order valence-electron chi connectivity index (χ3n) is 4.80. The van der Waals surface area contributed by atoms with Gasteiger partial charge < -0.3 is 20.3 Å². The zero-order chi connectivity index (χ0) is 20.8. The van der Waals surface area contributed by atoms with Crippen LogP contribution in [-0.4, -0.2) is 44.6 Å². The summed E-state index contributed by atoms with van der Waals surface area (Å²) in [7, 11) is 1.62. The van der Waals surface area contributed by atoms with Crippen LogP contribution in [0.4, 0.5) is 14.5 Å². The maximum atomic E-state index is 13.6. The number of anilines is 1. The van der Waals surface area contributed by atoms with Crippen molar-refractivity contribution >= 4 is 17.5 Å². The number of amides is 2. The smallest absolute Gasteiger partial charge is 0.254 e. The van der Waals surface area contributed by atoms with E-state index in [0.717, 1.165) is 43.0 Å². The number of hydrogen-bond donors (Lipinski definition) is 2. The molecule has 2 aromatic carbocycles. The number of rotatable bonds is 6. The van der Waals surface area contributed by atoms with Crippen molar-refractivity contribution in [3.05, 3.63) is 59.7 Å². The molecule has 0 aliphatic carbocycles. The molecule has 3 rings (SSSR count). The molecule has 2 aromatic rings. The van der Waals surface area contributed by atoms with Gasteiger partial charge in [-0.25, -0.2) is 8.78 Å². The van der Waals surface area contributed by atoms with E-state index < -0.39 is 17.5 Å². The monoisotopic (exact) mass is 403 g/mol. The number of piperidine rings is 1. The molecule has 0 spiro atoms.